The van der Waals surface area contributed by atoms with Crippen LogP contribution >= 0.6 is 0 Å². The number of aliphatic imine (C=N–C) groups is 1. The number of amidine groups is 1. The number of aromatic nitrogens is 2. The molecule has 0 bridgehead atoms. The standard InChI is InChI=1S/C21H21F4N5O4/c1-20(13-9-32-10-16(13)34-19(26)30-20)12-6-11(2-3-14(12)22)29-18(31)15-7-28-17(8-27-15)33-5-4-21(23,24)25/h2-3,6-8,13,16H,4-5,9-10H2,1H3,(H2,26,30)(H,29,31)/t13-,16+,20+/m0/s1. The number of fused-ring (bicyclic) bond motifs is 1. The highest BCUT2D eigenvalue weighted by Crippen LogP contribution is 2.43. The van der Waals surface area contributed by atoms with Crippen LogP contribution < -0.4 is 15.8 Å². The van der Waals surface area contributed by atoms with Gasteiger partial charge < -0.3 is 25.3 Å². The first-order chi connectivity index (χ1) is 16.0. The number of nitrogens with two attached hydrogens (primary N) is 1. The number of carbonyl (C=O) groups excluding carboxylic acids is 1. The van der Waals surface area contributed by atoms with E-state index in [9.17, 15) is 22.4 Å². The first-order valence-electron chi connectivity index (χ1n) is 10.3. The number of hydrogen-bond acceptors (Lipinski definition) is 8. The van der Waals surface area contributed by atoms with Crippen LogP contribution in [0.25, 0.3) is 0 Å². The molecule has 34 heavy (non-hydrogen) atoms. The SMILES string of the molecule is C[C@]1(c2cc(NC(=O)c3cnc(OCCC(F)(F)F)cn3)ccc2F)N=C(N)O[C@@H]2COC[C@@H]21. The first kappa shape index (κ1) is 23.7. The van der Waals surface area contributed by atoms with Gasteiger partial charge in [-0.15, -0.1) is 0 Å². The summed E-state index contributed by atoms with van der Waals surface area (Å²) >= 11 is 0. The van der Waals surface area contributed by atoms with E-state index in [-0.39, 0.29) is 40.9 Å². The number of alkyl halides is 3. The van der Waals surface area contributed by atoms with Crippen LogP contribution in [-0.2, 0) is 15.0 Å². The minimum atomic E-state index is -4.36. The Balaban J connectivity index is 1.48. The molecule has 1 amide bonds. The lowest BCUT2D eigenvalue weighted by Crippen LogP contribution is -2.47. The number of rotatable bonds is 6. The number of nitrogens with one attached hydrogen (secondary N) is 1. The van der Waals surface area contributed by atoms with E-state index in [1.807, 2.05) is 0 Å². The molecule has 3 heterocycles. The van der Waals surface area contributed by atoms with Gasteiger partial charge in [-0.3, -0.25) is 4.79 Å². The highest BCUT2D eigenvalue weighted by Gasteiger charge is 2.50. The van der Waals surface area contributed by atoms with E-state index in [4.69, 9.17) is 19.9 Å². The summed E-state index contributed by atoms with van der Waals surface area (Å²) in [7, 11) is 0. The number of ether oxygens (including phenoxy) is 3. The second-order valence-electron chi connectivity index (χ2n) is 8.00. The number of anilines is 1. The second kappa shape index (κ2) is 9.05. The van der Waals surface area contributed by atoms with Crippen LogP contribution in [0.15, 0.2) is 35.6 Å². The Hall–Kier alpha value is -3.48. The zero-order valence-corrected chi connectivity index (χ0v) is 17.9. The summed E-state index contributed by atoms with van der Waals surface area (Å²) in [6.45, 7) is 1.72. The molecule has 3 N–H and O–H groups in total. The fourth-order valence-electron chi connectivity index (χ4n) is 3.89. The van der Waals surface area contributed by atoms with Crippen molar-refractivity contribution in [1.29, 1.82) is 0 Å². The van der Waals surface area contributed by atoms with Gasteiger partial charge in [-0.05, 0) is 25.1 Å². The summed E-state index contributed by atoms with van der Waals surface area (Å²) in [5.74, 6) is -1.63. The van der Waals surface area contributed by atoms with E-state index < -0.39 is 36.5 Å². The van der Waals surface area contributed by atoms with Crippen molar-refractivity contribution in [1.82, 2.24) is 9.97 Å². The smallest absolute Gasteiger partial charge is 0.392 e. The molecule has 0 radical (unpaired) electrons. The van der Waals surface area contributed by atoms with Crippen LogP contribution in [0.1, 0.15) is 29.4 Å². The third-order valence-corrected chi connectivity index (χ3v) is 5.63. The number of carbonyl (C=O) groups is 1. The summed E-state index contributed by atoms with van der Waals surface area (Å²) in [6.07, 6.45) is -3.76. The molecule has 1 saturated heterocycles. The highest BCUT2D eigenvalue weighted by molar-refractivity contribution is 6.02. The molecular weight excluding hydrogens is 462 g/mol. The maximum atomic E-state index is 14.9. The molecule has 2 aliphatic heterocycles. The van der Waals surface area contributed by atoms with Crippen molar-refractivity contribution in [2.75, 3.05) is 25.1 Å². The topological polar surface area (TPSA) is 121 Å². The summed E-state index contributed by atoms with van der Waals surface area (Å²) in [5, 5.41) is 2.60. The summed E-state index contributed by atoms with van der Waals surface area (Å²) in [5.41, 5.74) is 5.09. The fourth-order valence-corrected chi connectivity index (χ4v) is 3.89. The fraction of sp³-hybridized carbons (Fsp3) is 0.429. The molecule has 13 heteroatoms. The molecule has 0 aliphatic carbocycles. The van der Waals surface area contributed by atoms with Crippen LogP contribution in [0.2, 0.25) is 0 Å². The first-order valence-corrected chi connectivity index (χ1v) is 10.3. The number of amides is 1. The lowest BCUT2D eigenvalue weighted by molar-refractivity contribution is -0.139. The molecule has 1 aromatic carbocycles. The molecule has 3 atom stereocenters. The zero-order chi connectivity index (χ0) is 24.5. The Morgan fingerprint density at radius 2 is 2.09 bits per heavy atom. The van der Waals surface area contributed by atoms with Gasteiger partial charge in [-0.25, -0.2) is 19.4 Å². The van der Waals surface area contributed by atoms with Crippen LogP contribution in [-0.4, -0.2) is 54.0 Å². The molecular formula is C21H21F4N5O4. The van der Waals surface area contributed by atoms with E-state index in [0.717, 1.165) is 12.4 Å². The monoisotopic (exact) mass is 483 g/mol. The molecule has 1 aromatic heterocycles. The van der Waals surface area contributed by atoms with Crippen LogP contribution in [0, 0.1) is 11.7 Å². The van der Waals surface area contributed by atoms with Gasteiger partial charge in [-0.2, -0.15) is 13.2 Å². The number of halogens is 4. The number of benzene rings is 1. The minimum Gasteiger partial charge on any atom is -0.476 e. The van der Waals surface area contributed by atoms with E-state index in [0.29, 0.717) is 13.2 Å². The van der Waals surface area contributed by atoms with Crippen molar-refractivity contribution in [2.24, 2.45) is 16.6 Å². The van der Waals surface area contributed by atoms with Gasteiger partial charge in [0.05, 0.1) is 50.1 Å². The molecule has 4 rings (SSSR count). The molecule has 2 aliphatic rings. The Morgan fingerprint density at radius 3 is 2.79 bits per heavy atom. The third-order valence-electron chi connectivity index (χ3n) is 5.63. The molecule has 0 unspecified atom stereocenters. The Morgan fingerprint density at radius 1 is 1.29 bits per heavy atom. The van der Waals surface area contributed by atoms with Crippen molar-refractivity contribution in [3.05, 3.63) is 47.7 Å². The van der Waals surface area contributed by atoms with Gasteiger partial charge in [0.15, 0.2) is 0 Å². The molecule has 1 fully saturated rings. The van der Waals surface area contributed by atoms with E-state index in [2.05, 4.69) is 20.3 Å². The summed E-state index contributed by atoms with van der Waals surface area (Å²) < 4.78 is 67.3. The lowest BCUT2D eigenvalue weighted by Gasteiger charge is -2.38. The van der Waals surface area contributed by atoms with Gasteiger partial charge >= 0.3 is 6.18 Å². The summed E-state index contributed by atoms with van der Waals surface area (Å²) in [4.78, 5) is 24.6. The Kier molecular flexibility index (Phi) is 6.30. The van der Waals surface area contributed by atoms with Gasteiger partial charge in [-0.1, -0.05) is 0 Å². The maximum absolute atomic E-state index is 14.9. The van der Waals surface area contributed by atoms with Crippen LogP contribution in [0.4, 0.5) is 23.2 Å². The van der Waals surface area contributed by atoms with E-state index in [1.54, 1.807) is 6.92 Å². The van der Waals surface area contributed by atoms with Crippen molar-refractivity contribution in [2.45, 2.75) is 31.2 Å². The molecule has 2 aromatic rings. The van der Waals surface area contributed by atoms with Crippen LogP contribution in [0.5, 0.6) is 5.88 Å². The predicted octanol–water partition coefficient (Wildman–Crippen LogP) is 2.77. The molecule has 0 spiro atoms. The van der Waals surface area contributed by atoms with E-state index in [1.165, 1.54) is 18.2 Å². The predicted molar refractivity (Wildman–Crippen MR) is 111 cm³/mol. The number of nitrogens with zero attached hydrogens (tertiary/aromatic N) is 3. The van der Waals surface area contributed by atoms with Gasteiger partial charge in [0.2, 0.25) is 5.88 Å². The largest absolute Gasteiger partial charge is 0.476 e. The summed E-state index contributed by atoms with van der Waals surface area (Å²) in [6, 6.07) is 3.95. The minimum absolute atomic E-state index is 0.0732. The highest BCUT2D eigenvalue weighted by atomic mass is 19.4. The lowest BCUT2D eigenvalue weighted by atomic mass is 9.77. The average Bonchev–Trinajstić information content (AvgIpc) is 3.24. The van der Waals surface area contributed by atoms with Crippen molar-refractivity contribution in [3.63, 3.8) is 0 Å². The quantitative estimate of drug-likeness (QED) is 0.606. The molecule has 9 nitrogen and oxygen atoms in total. The maximum Gasteiger partial charge on any atom is 0.392 e. The van der Waals surface area contributed by atoms with Crippen molar-refractivity contribution >= 4 is 17.6 Å². The second-order valence-corrected chi connectivity index (χ2v) is 8.00. The zero-order valence-electron chi connectivity index (χ0n) is 17.9. The molecule has 182 valence electrons. The van der Waals surface area contributed by atoms with Gasteiger partial charge in [0.1, 0.15) is 17.6 Å². The van der Waals surface area contributed by atoms with Gasteiger partial charge in [0, 0.05) is 11.3 Å². The Bertz CT molecular complexity index is 1100. The third kappa shape index (κ3) is 5.03. The normalized spacial score (nSPS) is 24.1. The van der Waals surface area contributed by atoms with Crippen molar-refractivity contribution in [3.8, 4) is 5.88 Å². The van der Waals surface area contributed by atoms with Gasteiger partial charge in [0.25, 0.3) is 11.9 Å². The van der Waals surface area contributed by atoms with E-state index >= 15 is 0 Å². The van der Waals surface area contributed by atoms with Crippen LogP contribution in [0.3, 0.4) is 0 Å². The Labute approximate surface area is 191 Å². The molecule has 0 saturated carbocycles. The number of hydrogen-bond donors (Lipinski definition) is 2. The van der Waals surface area contributed by atoms with Crippen molar-refractivity contribution < 1.29 is 36.6 Å². The average molecular weight is 483 g/mol.